The van der Waals surface area contributed by atoms with Gasteiger partial charge in [-0.15, -0.1) is 0 Å². The summed E-state index contributed by atoms with van der Waals surface area (Å²) in [5, 5.41) is 3.37. The number of hydrogen-bond acceptors (Lipinski definition) is 4. The molecule has 1 atom stereocenters. The molecule has 0 radical (unpaired) electrons. The number of nitrogens with zero attached hydrogens (tertiary/aromatic N) is 3. The Bertz CT molecular complexity index is 796. The number of hydrogen-bond donors (Lipinski definition) is 1. The van der Waals surface area contributed by atoms with Gasteiger partial charge in [-0.3, -0.25) is 9.79 Å². The van der Waals surface area contributed by atoms with Crippen LogP contribution in [0.4, 0.5) is 0 Å². The van der Waals surface area contributed by atoms with Crippen LogP contribution in [0.2, 0.25) is 0 Å². The number of benzene rings is 1. The van der Waals surface area contributed by atoms with E-state index in [1.54, 1.807) is 19.2 Å². The second-order valence-corrected chi connectivity index (χ2v) is 6.93. The van der Waals surface area contributed by atoms with Gasteiger partial charge in [0.1, 0.15) is 11.9 Å². The van der Waals surface area contributed by atoms with Crippen LogP contribution in [-0.4, -0.2) is 67.5 Å². The van der Waals surface area contributed by atoms with Gasteiger partial charge in [-0.25, -0.2) is 0 Å². The van der Waals surface area contributed by atoms with Crippen LogP contribution in [0.25, 0.3) is 0 Å². The molecule has 2 aromatic rings. The molecule has 1 aliphatic rings. The number of nitrogens with one attached hydrogen (secondary N) is 1. The second-order valence-electron chi connectivity index (χ2n) is 6.93. The maximum Gasteiger partial charge on any atom is 0.289 e. The Morgan fingerprint density at radius 2 is 1.96 bits per heavy atom. The van der Waals surface area contributed by atoms with Gasteiger partial charge in [0.2, 0.25) is 0 Å². The molecule has 150 valence electrons. The Morgan fingerprint density at radius 3 is 2.61 bits per heavy atom. The lowest BCUT2D eigenvalue weighted by atomic mass is 10.2. The van der Waals surface area contributed by atoms with E-state index in [0.29, 0.717) is 25.4 Å². The molecule has 0 bridgehead atoms. The Balaban J connectivity index is 1.46. The molecular weight excluding hydrogens is 356 g/mol. The van der Waals surface area contributed by atoms with Crippen molar-refractivity contribution in [3.63, 3.8) is 0 Å². The molecule has 3 rings (SSSR count). The molecule has 0 saturated carbocycles. The van der Waals surface area contributed by atoms with Crippen molar-refractivity contribution in [3.8, 4) is 5.75 Å². The monoisotopic (exact) mass is 384 g/mol. The van der Waals surface area contributed by atoms with Gasteiger partial charge in [0, 0.05) is 33.2 Å². The summed E-state index contributed by atoms with van der Waals surface area (Å²) in [5.41, 5.74) is 1.18. The summed E-state index contributed by atoms with van der Waals surface area (Å²) in [7, 11) is 1.77. The molecule has 1 aromatic carbocycles. The molecule has 1 amide bonds. The summed E-state index contributed by atoms with van der Waals surface area (Å²) in [6.45, 7) is 7.44. The SMILES string of the molecule is CN=C(NCC(C)Oc1cccc(C)c1)N1CCN(C(=O)c2ccco2)CC1. The third-order valence-corrected chi connectivity index (χ3v) is 4.68. The fourth-order valence-corrected chi connectivity index (χ4v) is 3.21. The minimum absolute atomic E-state index is 0.000342. The van der Waals surface area contributed by atoms with Crippen LogP contribution >= 0.6 is 0 Å². The Morgan fingerprint density at radius 1 is 1.21 bits per heavy atom. The van der Waals surface area contributed by atoms with Crippen LogP contribution in [0.5, 0.6) is 5.75 Å². The van der Waals surface area contributed by atoms with E-state index in [4.69, 9.17) is 9.15 Å². The average molecular weight is 384 g/mol. The number of rotatable bonds is 5. The highest BCUT2D eigenvalue weighted by Gasteiger charge is 2.25. The lowest BCUT2D eigenvalue weighted by molar-refractivity contribution is 0.0657. The van der Waals surface area contributed by atoms with Crippen LogP contribution in [0, 0.1) is 6.92 Å². The van der Waals surface area contributed by atoms with Crippen LogP contribution < -0.4 is 10.1 Å². The fourth-order valence-electron chi connectivity index (χ4n) is 3.21. The Labute approximate surface area is 166 Å². The van der Waals surface area contributed by atoms with E-state index >= 15 is 0 Å². The predicted molar refractivity (Wildman–Crippen MR) is 109 cm³/mol. The summed E-state index contributed by atoms with van der Waals surface area (Å²) in [4.78, 5) is 20.7. The van der Waals surface area contributed by atoms with Crippen molar-refractivity contribution in [2.45, 2.75) is 20.0 Å². The smallest absolute Gasteiger partial charge is 0.289 e. The van der Waals surface area contributed by atoms with Gasteiger partial charge in [-0.05, 0) is 43.7 Å². The van der Waals surface area contributed by atoms with Gasteiger partial charge in [-0.2, -0.15) is 0 Å². The highest BCUT2D eigenvalue weighted by molar-refractivity contribution is 5.91. The fraction of sp³-hybridized carbons (Fsp3) is 0.429. The van der Waals surface area contributed by atoms with Gasteiger partial charge < -0.3 is 24.3 Å². The van der Waals surface area contributed by atoms with Crippen LogP contribution in [0.3, 0.4) is 0 Å². The molecule has 0 aliphatic carbocycles. The molecule has 1 aliphatic heterocycles. The average Bonchev–Trinajstić information content (AvgIpc) is 3.23. The zero-order chi connectivity index (χ0) is 19.9. The number of carbonyl (C=O) groups is 1. The molecule has 7 heteroatoms. The first-order valence-electron chi connectivity index (χ1n) is 9.58. The van der Waals surface area contributed by atoms with Crippen LogP contribution in [-0.2, 0) is 0 Å². The summed E-state index contributed by atoms with van der Waals surface area (Å²) >= 11 is 0. The molecule has 28 heavy (non-hydrogen) atoms. The molecule has 1 aromatic heterocycles. The number of piperazine rings is 1. The van der Waals surface area contributed by atoms with Gasteiger partial charge in [0.25, 0.3) is 5.91 Å². The number of ether oxygens (including phenoxy) is 1. The van der Waals surface area contributed by atoms with Crippen molar-refractivity contribution in [2.24, 2.45) is 4.99 Å². The number of guanidine groups is 1. The molecule has 7 nitrogen and oxygen atoms in total. The zero-order valence-electron chi connectivity index (χ0n) is 16.7. The number of aliphatic imine (C=N–C) groups is 1. The van der Waals surface area contributed by atoms with E-state index in [1.165, 1.54) is 11.8 Å². The maximum absolute atomic E-state index is 12.4. The van der Waals surface area contributed by atoms with E-state index in [1.807, 2.05) is 43.0 Å². The van der Waals surface area contributed by atoms with Crippen molar-refractivity contribution >= 4 is 11.9 Å². The minimum atomic E-state index is -0.0622. The van der Waals surface area contributed by atoms with Crippen molar-refractivity contribution in [1.82, 2.24) is 15.1 Å². The molecule has 2 heterocycles. The minimum Gasteiger partial charge on any atom is -0.489 e. The van der Waals surface area contributed by atoms with E-state index in [0.717, 1.165) is 24.8 Å². The summed E-state index contributed by atoms with van der Waals surface area (Å²) in [6, 6.07) is 11.5. The largest absolute Gasteiger partial charge is 0.489 e. The first-order valence-corrected chi connectivity index (χ1v) is 9.58. The Kier molecular flexibility index (Phi) is 6.57. The first kappa shape index (κ1) is 19.8. The van der Waals surface area contributed by atoms with Gasteiger partial charge in [0.05, 0.1) is 12.8 Å². The van der Waals surface area contributed by atoms with Gasteiger partial charge in [-0.1, -0.05) is 12.1 Å². The van der Waals surface area contributed by atoms with E-state index < -0.39 is 0 Å². The predicted octanol–water partition coefficient (Wildman–Crippen LogP) is 2.39. The van der Waals surface area contributed by atoms with Crippen LogP contribution in [0.15, 0.2) is 52.1 Å². The number of carbonyl (C=O) groups excluding carboxylic acids is 1. The topological polar surface area (TPSA) is 70.3 Å². The highest BCUT2D eigenvalue weighted by Crippen LogP contribution is 2.14. The summed E-state index contributed by atoms with van der Waals surface area (Å²) in [6.07, 6.45) is 1.52. The van der Waals surface area contributed by atoms with Crippen molar-refractivity contribution in [1.29, 1.82) is 0 Å². The van der Waals surface area contributed by atoms with Crippen molar-refractivity contribution in [3.05, 3.63) is 54.0 Å². The third kappa shape index (κ3) is 5.06. The normalized spacial score (nSPS) is 16.0. The third-order valence-electron chi connectivity index (χ3n) is 4.68. The molecule has 1 unspecified atom stereocenters. The molecule has 0 spiro atoms. The Hall–Kier alpha value is -2.96. The highest BCUT2D eigenvalue weighted by atomic mass is 16.5. The standard InChI is InChI=1S/C21H28N4O3/c1-16-6-4-7-18(14-16)28-17(2)15-23-21(22-3)25-11-9-24(10-12-25)20(26)19-8-5-13-27-19/h4-8,13-14,17H,9-12,15H2,1-3H3,(H,22,23). The second kappa shape index (κ2) is 9.30. The van der Waals surface area contributed by atoms with Crippen molar-refractivity contribution < 1.29 is 13.9 Å². The quantitative estimate of drug-likeness (QED) is 0.633. The number of aryl methyl sites for hydroxylation is 1. The molecule has 1 fully saturated rings. The maximum atomic E-state index is 12.4. The lowest BCUT2D eigenvalue weighted by Gasteiger charge is -2.36. The molecular formula is C21H28N4O3. The van der Waals surface area contributed by atoms with Crippen molar-refractivity contribution in [2.75, 3.05) is 39.8 Å². The zero-order valence-corrected chi connectivity index (χ0v) is 16.7. The van der Waals surface area contributed by atoms with E-state index in [2.05, 4.69) is 15.2 Å². The lowest BCUT2D eigenvalue weighted by Crippen LogP contribution is -2.54. The van der Waals surface area contributed by atoms with E-state index in [9.17, 15) is 4.79 Å². The summed E-state index contributed by atoms with van der Waals surface area (Å²) in [5.74, 6) is 2.02. The molecule has 1 N–H and O–H groups in total. The van der Waals surface area contributed by atoms with Gasteiger partial charge >= 0.3 is 0 Å². The molecule has 1 saturated heterocycles. The summed E-state index contributed by atoms with van der Waals surface area (Å²) < 4.78 is 11.2. The van der Waals surface area contributed by atoms with E-state index in [-0.39, 0.29) is 12.0 Å². The van der Waals surface area contributed by atoms with Crippen LogP contribution in [0.1, 0.15) is 23.0 Å². The first-order chi connectivity index (χ1) is 13.6. The number of amides is 1. The van der Waals surface area contributed by atoms with Gasteiger partial charge in [0.15, 0.2) is 11.7 Å². The number of furan rings is 1.